The van der Waals surface area contributed by atoms with Crippen LogP contribution >= 0.6 is 11.6 Å². The molecule has 5 nitrogen and oxygen atoms in total. The van der Waals surface area contributed by atoms with Crippen LogP contribution in [0.5, 0.6) is 0 Å². The van der Waals surface area contributed by atoms with E-state index in [-0.39, 0.29) is 11.9 Å². The van der Waals surface area contributed by atoms with Crippen LogP contribution in [0.4, 0.5) is 0 Å². The van der Waals surface area contributed by atoms with Gasteiger partial charge in [-0.25, -0.2) is 0 Å². The maximum atomic E-state index is 12.6. The lowest BCUT2D eigenvalue weighted by atomic mass is 9.99. The summed E-state index contributed by atoms with van der Waals surface area (Å²) in [5.41, 5.74) is 3.47. The zero-order valence-corrected chi connectivity index (χ0v) is 19.0. The van der Waals surface area contributed by atoms with Gasteiger partial charge in [-0.1, -0.05) is 60.1 Å². The Balaban J connectivity index is 1.28. The zero-order chi connectivity index (χ0) is 22.6. The average Bonchev–Trinajstić information content (AvgIpc) is 3.50. The number of nitrogens with zero attached hydrogens (tertiary/aromatic N) is 2. The van der Waals surface area contributed by atoms with E-state index < -0.39 is 0 Å². The van der Waals surface area contributed by atoms with E-state index in [2.05, 4.69) is 51.3 Å². The van der Waals surface area contributed by atoms with E-state index in [9.17, 15) is 4.79 Å². The minimum absolute atomic E-state index is 0.0238. The van der Waals surface area contributed by atoms with Gasteiger partial charge < -0.3 is 14.3 Å². The van der Waals surface area contributed by atoms with Crippen molar-refractivity contribution in [2.75, 3.05) is 13.1 Å². The van der Waals surface area contributed by atoms with Crippen LogP contribution in [-0.2, 0) is 19.5 Å². The molecule has 0 saturated carbocycles. The van der Waals surface area contributed by atoms with Gasteiger partial charge in [-0.2, -0.15) is 0 Å². The number of amides is 1. The van der Waals surface area contributed by atoms with Crippen LogP contribution in [0.2, 0.25) is 5.02 Å². The van der Waals surface area contributed by atoms with Gasteiger partial charge in [-0.3, -0.25) is 9.69 Å². The largest absolute Gasteiger partial charge is 0.455 e. The highest BCUT2D eigenvalue weighted by Gasteiger charge is 2.30. The van der Waals surface area contributed by atoms with E-state index in [4.69, 9.17) is 16.0 Å². The second-order valence-electron chi connectivity index (χ2n) is 8.28. The monoisotopic (exact) mass is 459 g/mol. The van der Waals surface area contributed by atoms with Gasteiger partial charge in [0.2, 0.25) is 0 Å². The van der Waals surface area contributed by atoms with E-state index in [1.165, 1.54) is 11.3 Å². The molecule has 4 aromatic rings. The Morgan fingerprint density at radius 1 is 0.970 bits per heavy atom. The normalized spacial score (nSPS) is 15.8. The molecule has 0 bridgehead atoms. The van der Waals surface area contributed by atoms with Gasteiger partial charge >= 0.3 is 0 Å². The van der Waals surface area contributed by atoms with Gasteiger partial charge in [-0.05, 0) is 47.9 Å². The molecule has 0 spiro atoms. The maximum Gasteiger partial charge on any atom is 0.287 e. The number of hydrogen-bond donors (Lipinski definition) is 1. The molecule has 2 aromatic heterocycles. The summed E-state index contributed by atoms with van der Waals surface area (Å²) < 4.78 is 8.22. The number of carbonyl (C=O) groups excluding carboxylic acids is 1. The van der Waals surface area contributed by atoms with Crippen molar-refractivity contribution in [3.05, 3.63) is 118 Å². The number of aromatic nitrogens is 1. The third kappa shape index (κ3) is 4.75. The minimum atomic E-state index is -0.188. The third-order valence-electron chi connectivity index (χ3n) is 6.12. The first-order chi connectivity index (χ1) is 16.2. The maximum absolute atomic E-state index is 12.6. The quantitative estimate of drug-likeness (QED) is 0.407. The molecule has 0 fully saturated rings. The molecule has 2 aromatic carbocycles. The number of furan rings is 1. The number of rotatable bonds is 7. The fourth-order valence-corrected chi connectivity index (χ4v) is 4.73. The number of fused-ring (bicyclic) bond motifs is 1. The molecule has 1 aliphatic heterocycles. The van der Waals surface area contributed by atoms with Crippen molar-refractivity contribution in [1.82, 2.24) is 14.8 Å². The summed E-state index contributed by atoms with van der Waals surface area (Å²) in [6.45, 7) is 2.92. The summed E-state index contributed by atoms with van der Waals surface area (Å²) in [6, 6.07) is 26.0. The summed E-state index contributed by atoms with van der Waals surface area (Å²) in [6.07, 6.45) is 2.90. The molecule has 1 amide bonds. The van der Waals surface area contributed by atoms with Crippen molar-refractivity contribution in [1.29, 1.82) is 0 Å². The highest BCUT2D eigenvalue weighted by molar-refractivity contribution is 6.31. The smallest absolute Gasteiger partial charge is 0.287 e. The van der Waals surface area contributed by atoms with Crippen molar-refractivity contribution in [2.24, 2.45) is 0 Å². The predicted octanol–water partition coefficient (Wildman–Crippen LogP) is 5.31. The van der Waals surface area contributed by atoms with Crippen LogP contribution in [0.1, 0.15) is 39.2 Å². The van der Waals surface area contributed by atoms with Crippen LogP contribution in [0.3, 0.4) is 0 Å². The molecule has 33 heavy (non-hydrogen) atoms. The Kier molecular flexibility index (Phi) is 6.33. The van der Waals surface area contributed by atoms with E-state index >= 15 is 0 Å². The molecule has 0 radical (unpaired) electrons. The molecule has 0 aliphatic carbocycles. The van der Waals surface area contributed by atoms with Crippen molar-refractivity contribution in [3.63, 3.8) is 0 Å². The third-order valence-corrected chi connectivity index (χ3v) is 6.47. The Morgan fingerprint density at radius 2 is 1.79 bits per heavy atom. The Labute approximate surface area is 198 Å². The van der Waals surface area contributed by atoms with Gasteiger partial charge in [-0.15, -0.1) is 0 Å². The van der Waals surface area contributed by atoms with E-state index in [0.29, 0.717) is 18.8 Å². The standard InChI is InChI=1S/C27H26ClN3O2/c28-23-10-5-4-9-22(23)26-24-11-6-16-30(24)17-18-31(26)19-21-12-13-25(33-21)27(32)29-15-14-20-7-2-1-3-8-20/h1-13,16,26H,14-15,17-19H2,(H,29,32). The van der Waals surface area contributed by atoms with Crippen molar-refractivity contribution in [2.45, 2.75) is 25.6 Å². The molecule has 1 aliphatic rings. The van der Waals surface area contributed by atoms with Crippen LogP contribution in [0.25, 0.3) is 0 Å². The molecular weight excluding hydrogens is 434 g/mol. The van der Waals surface area contributed by atoms with Gasteiger partial charge in [0.15, 0.2) is 5.76 Å². The highest BCUT2D eigenvalue weighted by Crippen LogP contribution is 2.36. The van der Waals surface area contributed by atoms with Crippen LogP contribution in [0, 0.1) is 0 Å². The molecular formula is C27H26ClN3O2. The van der Waals surface area contributed by atoms with Crippen LogP contribution in [0.15, 0.2) is 89.5 Å². The van der Waals surface area contributed by atoms with Crippen molar-refractivity contribution >= 4 is 17.5 Å². The molecule has 1 unspecified atom stereocenters. The Morgan fingerprint density at radius 3 is 2.64 bits per heavy atom. The summed E-state index contributed by atoms with van der Waals surface area (Å²) >= 11 is 6.59. The first-order valence-corrected chi connectivity index (χ1v) is 11.6. The molecule has 6 heteroatoms. The molecule has 168 valence electrons. The topological polar surface area (TPSA) is 50.4 Å². The highest BCUT2D eigenvalue weighted by atomic mass is 35.5. The lowest BCUT2D eigenvalue weighted by Gasteiger charge is -2.37. The minimum Gasteiger partial charge on any atom is -0.455 e. The first-order valence-electron chi connectivity index (χ1n) is 11.2. The number of hydrogen-bond acceptors (Lipinski definition) is 3. The van der Waals surface area contributed by atoms with Gasteiger partial charge in [0.1, 0.15) is 5.76 Å². The molecule has 1 atom stereocenters. The lowest BCUT2D eigenvalue weighted by molar-refractivity contribution is 0.0920. The number of halogens is 1. The summed E-state index contributed by atoms with van der Waals surface area (Å²) in [5.74, 6) is 0.917. The second kappa shape index (κ2) is 9.69. The summed E-state index contributed by atoms with van der Waals surface area (Å²) in [4.78, 5) is 14.9. The van der Waals surface area contributed by atoms with Gasteiger partial charge in [0.25, 0.3) is 5.91 Å². The van der Waals surface area contributed by atoms with Crippen LogP contribution < -0.4 is 5.32 Å². The molecule has 0 saturated heterocycles. The Hall–Kier alpha value is -3.28. The number of benzene rings is 2. The van der Waals surface area contributed by atoms with E-state index in [1.54, 1.807) is 6.07 Å². The zero-order valence-electron chi connectivity index (χ0n) is 18.3. The number of carbonyl (C=O) groups is 1. The van der Waals surface area contributed by atoms with Crippen LogP contribution in [-0.4, -0.2) is 28.5 Å². The second-order valence-corrected chi connectivity index (χ2v) is 8.69. The fourth-order valence-electron chi connectivity index (χ4n) is 4.49. The SMILES string of the molecule is O=C(NCCc1ccccc1)c1ccc(CN2CCn3cccc3C2c2ccccc2Cl)o1. The molecule has 5 rings (SSSR count). The average molecular weight is 460 g/mol. The summed E-state index contributed by atoms with van der Waals surface area (Å²) in [5, 5.41) is 3.70. The molecule has 1 N–H and O–H groups in total. The predicted molar refractivity (Wildman–Crippen MR) is 129 cm³/mol. The molecule has 3 heterocycles. The lowest BCUT2D eigenvalue weighted by Crippen LogP contribution is -2.38. The van der Waals surface area contributed by atoms with Crippen molar-refractivity contribution < 1.29 is 9.21 Å². The van der Waals surface area contributed by atoms with Gasteiger partial charge in [0, 0.05) is 36.5 Å². The fraction of sp³-hybridized carbons (Fsp3) is 0.222. The Bertz CT molecular complexity index is 1230. The van der Waals surface area contributed by atoms with E-state index in [0.717, 1.165) is 35.9 Å². The first kappa shape index (κ1) is 21.6. The van der Waals surface area contributed by atoms with Gasteiger partial charge in [0.05, 0.1) is 12.6 Å². The van der Waals surface area contributed by atoms with Crippen molar-refractivity contribution in [3.8, 4) is 0 Å². The number of nitrogens with one attached hydrogen (secondary N) is 1. The van der Waals surface area contributed by atoms with E-state index in [1.807, 2.05) is 42.5 Å². The summed E-state index contributed by atoms with van der Waals surface area (Å²) in [7, 11) is 0.